The first-order chi connectivity index (χ1) is 14.4. The Morgan fingerprint density at radius 2 is 1.60 bits per heavy atom. The molecule has 1 aliphatic rings. The van der Waals surface area contributed by atoms with Crippen molar-refractivity contribution in [2.45, 2.75) is 11.4 Å². The normalized spacial score (nSPS) is 15.3. The maximum Gasteiger partial charge on any atom is 0.238 e. The van der Waals surface area contributed by atoms with Crippen molar-refractivity contribution < 1.29 is 8.42 Å². The Bertz CT molecular complexity index is 1150. The van der Waals surface area contributed by atoms with Crippen LogP contribution in [0.1, 0.15) is 5.56 Å². The van der Waals surface area contributed by atoms with Crippen LogP contribution in [0.3, 0.4) is 0 Å². The Morgan fingerprint density at radius 3 is 2.30 bits per heavy atom. The number of rotatable bonds is 4. The molecule has 0 aromatic heterocycles. The number of thiocarbonyl (C=S) groups is 1. The molecule has 0 spiro atoms. The van der Waals surface area contributed by atoms with Gasteiger partial charge >= 0.3 is 0 Å². The standard InChI is InChI=1S/C22H24N4O2S2/c23-30(27,28)20-10-8-19(9-11-20)24-22(29)26-14-12-25(13-15-26)16-18-6-3-5-17-4-1-2-7-21(17)18/h1-11H,12-16H2,(H,24,29)(H2,23,27,28). The molecule has 3 N–H and O–H groups in total. The molecular formula is C22H24N4O2S2. The first-order valence-corrected chi connectivity index (χ1v) is 11.7. The van der Waals surface area contributed by atoms with E-state index < -0.39 is 10.0 Å². The number of hydrogen-bond acceptors (Lipinski definition) is 4. The average molecular weight is 441 g/mol. The number of fused-ring (bicyclic) bond motifs is 1. The predicted octanol–water partition coefficient (Wildman–Crippen LogP) is 3.00. The Balaban J connectivity index is 1.33. The molecule has 0 aliphatic carbocycles. The summed E-state index contributed by atoms with van der Waals surface area (Å²) in [6, 6.07) is 21.2. The van der Waals surface area contributed by atoms with Crippen LogP contribution in [0.5, 0.6) is 0 Å². The molecule has 0 atom stereocenters. The van der Waals surface area contributed by atoms with E-state index in [4.69, 9.17) is 17.4 Å². The van der Waals surface area contributed by atoms with Crippen LogP contribution < -0.4 is 10.5 Å². The lowest BCUT2D eigenvalue weighted by Gasteiger charge is -2.36. The van der Waals surface area contributed by atoms with Gasteiger partial charge in [0.1, 0.15) is 0 Å². The van der Waals surface area contributed by atoms with E-state index >= 15 is 0 Å². The Hall–Kier alpha value is -2.52. The van der Waals surface area contributed by atoms with Gasteiger partial charge < -0.3 is 10.2 Å². The molecule has 1 saturated heterocycles. The third-order valence-electron chi connectivity index (χ3n) is 5.37. The molecule has 4 rings (SSSR count). The van der Waals surface area contributed by atoms with Gasteiger partial charge in [-0.3, -0.25) is 4.90 Å². The van der Waals surface area contributed by atoms with Gasteiger partial charge in [-0.2, -0.15) is 0 Å². The van der Waals surface area contributed by atoms with Crippen molar-refractivity contribution in [2.75, 3.05) is 31.5 Å². The van der Waals surface area contributed by atoms with E-state index in [1.165, 1.54) is 28.5 Å². The van der Waals surface area contributed by atoms with Crippen LogP contribution in [0, 0.1) is 0 Å². The molecule has 3 aromatic carbocycles. The van der Waals surface area contributed by atoms with Crippen molar-refractivity contribution in [2.24, 2.45) is 5.14 Å². The lowest BCUT2D eigenvalue weighted by molar-refractivity contribution is 0.177. The minimum atomic E-state index is -3.69. The molecule has 156 valence electrons. The highest BCUT2D eigenvalue weighted by Gasteiger charge is 2.19. The minimum absolute atomic E-state index is 0.0843. The number of nitrogens with zero attached hydrogens (tertiary/aromatic N) is 2. The molecule has 0 unspecified atom stereocenters. The lowest BCUT2D eigenvalue weighted by Crippen LogP contribution is -2.49. The summed E-state index contributed by atoms with van der Waals surface area (Å²) in [6.07, 6.45) is 0. The minimum Gasteiger partial charge on any atom is -0.346 e. The van der Waals surface area contributed by atoms with E-state index in [0.29, 0.717) is 5.11 Å². The van der Waals surface area contributed by atoms with Crippen molar-refractivity contribution in [3.8, 4) is 0 Å². The number of nitrogens with one attached hydrogen (secondary N) is 1. The summed E-state index contributed by atoms with van der Waals surface area (Å²) in [5.41, 5.74) is 2.09. The van der Waals surface area contributed by atoms with Gasteiger partial charge in [0.2, 0.25) is 10.0 Å². The predicted molar refractivity (Wildman–Crippen MR) is 125 cm³/mol. The summed E-state index contributed by atoms with van der Waals surface area (Å²) in [5.74, 6) is 0. The zero-order valence-electron chi connectivity index (χ0n) is 16.5. The van der Waals surface area contributed by atoms with Crippen molar-refractivity contribution in [1.82, 2.24) is 9.80 Å². The van der Waals surface area contributed by atoms with E-state index in [0.717, 1.165) is 38.4 Å². The van der Waals surface area contributed by atoms with Crippen molar-refractivity contribution in [3.05, 3.63) is 72.3 Å². The fourth-order valence-corrected chi connectivity index (χ4v) is 4.53. The molecule has 0 bridgehead atoms. The molecular weight excluding hydrogens is 416 g/mol. The average Bonchev–Trinajstić information content (AvgIpc) is 2.74. The number of nitrogens with two attached hydrogens (primary N) is 1. The number of primary sulfonamides is 1. The molecule has 1 aliphatic heterocycles. The zero-order valence-corrected chi connectivity index (χ0v) is 18.1. The topological polar surface area (TPSA) is 78.7 Å². The van der Waals surface area contributed by atoms with E-state index in [2.05, 4.69) is 57.6 Å². The Morgan fingerprint density at radius 1 is 0.933 bits per heavy atom. The van der Waals surface area contributed by atoms with Crippen LogP contribution in [0.15, 0.2) is 71.6 Å². The quantitative estimate of drug-likeness (QED) is 0.608. The smallest absolute Gasteiger partial charge is 0.238 e. The summed E-state index contributed by atoms with van der Waals surface area (Å²) in [7, 11) is -3.69. The third kappa shape index (κ3) is 4.79. The Labute approximate surface area is 182 Å². The summed E-state index contributed by atoms with van der Waals surface area (Å²) >= 11 is 5.55. The molecule has 8 heteroatoms. The second kappa shape index (κ2) is 8.69. The van der Waals surface area contributed by atoms with Gasteiger partial charge in [-0.15, -0.1) is 0 Å². The van der Waals surface area contributed by atoms with Crippen molar-refractivity contribution >= 4 is 43.8 Å². The van der Waals surface area contributed by atoms with Crippen LogP contribution in [-0.2, 0) is 16.6 Å². The second-order valence-electron chi connectivity index (χ2n) is 7.40. The molecule has 6 nitrogen and oxygen atoms in total. The molecule has 0 amide bonds. The van der Waals surface area contributed by atoms with E-state index in [-0.39, 0.29) is 4.90 Å². The summed E-state index contributed by atoms with van der Waals surface area (Å²) in [5, 5.41) is 11.5. The van der Waals surface area contributed by atoms with Gasteiger partial charge in [-0.05, 0) is 52.8 Å². The number of benzene rings is 3. The maximum atomic E-state index is 11.4. The Kier molecular flexibility index (Phi) is 6.01. The molecule has 0 saturated carbocycles. The first kappa shape index (κ1) is 20.7. The molecule has 30 heavy (non-hydrogen) atoms. The fraction of sp³-hybridized carbons (Fsp3) is 0.227. The second-order valence-corrected chi connectivity index (χ2v) is 9.35. The lowest BCUT2D eigenvalue weighted by atomic mass is 10.0. The van der Waals surface area contributed by atoms with E-state index in [1.807, 2.05) is 0 Å². The molecule has 1 heterocycles. The number of anilines is 1. The van der Waals surface area contributed by atoms with Crippen LogP contribution in [0.2, 0.25) is 0 Å². The number of hydrogen-bond donors (Lipinski definition) is 2. The SMILES string of the molecule is NS(=O)(=O)c1ccc(NC(=S)N2CCN(Cc3cccc4ccccc34)CC2)cc1. The third-order valence-corrected chi connectivity index (χ3v) is 6.66. The zero-order chi connectivity index (χ0) is 21.1. The molecule has 1 fully saturated rings. The highest BCUT2D eigenvalue weighted by Crippen LogP contribution is 2.21. The summed E-state index contributed by atoms with van der Waals surface area (Å²) in [4.78, 5) is 4.67. The van der Waals surface area contributed by atoms with Gasteiger partial charge in [0.15, 0.2) is 5.11 Å². The summed E-state index contributed by atoms with van der Waals surface area (Å²) < 4.78 is 22.7. The largest absolute Gasteiger partial charge is 0.346 e. The van der Waals surface area contributed by atoms with E-state index in [1.54, 1.807) is 12.1 Å². The summed E-state index contributed by atoms with van der Waals surface area (Å²) in [6.45, 7) is 4.45. The van der Waals surface area contributed by atoms with Crippen molar-refractivity contribution in [3.63, 3.8) is 0 Å². The molecule has 0 radical (unpaired) electrons. The van der Waals surface area contributed by atoms with Crippen LogP contribution in [0.25, 0.3) is 10.8 Å². The number of piperazine rings is 1. The van der Waals surface area contributed by atoms with Crippen LogP contribution >= 0.6 is 12.2 Å². The van der Waals surface area contributed by atoms with Crippen LogP contribution in [-0.4, -0.2) is 49.5 Å². The maximum absolute atomic E-state index is 11.4. The van der Waals surface area contributed by atoms with Crippen LogP contribution in [0.4, 0.5) is 5.69 Å². The van der Waals surface area contributed by atoms with Gasteiger partial charge in [0.25, 0.3) is 0 Å². The van der Waals surface area contributed by atoms with Gasteiger partial charge in [0.05, 0.1) is 4.90 Å². The number of sulfonamides is 1. The fourth-order valence-electron chi connectivity index (χ4n) is 3.71. The van der Waals surface area contributed by atoms with Crippen molar-refractivity contribution in [1.29, 1.82) is 0 Å². The van der Waals surface area contributed by atoms with E-state index in [9.17, 15) is 8.42 Å². The first-order valence-electron chi connectivity index (χ1n) is 9.78. The monoisotopic (exact) mass is 440 g/mol. The highest BCUT2D eigenvalue weighted by molar-refractivity contribution is 7.89. The van der Waals surface area contributed by atoms with Gasteiger partial charge in [-0.1, -0.05) is 42.5 Å². The van der Waals surface area contributed by atoms with Gasteiger partial charge in [0, 0.05) is 38.4 Å². The molecule has 3 aromatic rings. The highest BCUT2D eigenvalue weighted by atomic mass is 32.2. The van der Waals surface area contributed by atoms with Gasteiger partial charge in [-0.25, -0.2) is 13.6 Å².